The Bertz CT molecular complexity index is 1770. The first-order valence-electron chi connectivity index (χ1n) is 23.1. The molecule has 0 amide bonds. The van der Waals surface area contributed by atoms with Gasteiger partial charge in [0.15, 0.2) is 0 Å². The first-order valence-corrected chi connectivity index (χ1v) is 23.1. The van der Waals surface area contributed by atoms with Gasteiger partial charge in [-0.1, -0.05) is 12.1 Å². The fourth-order valence-corrected chi connectivity index (χ4v) is 6.56. The second-order valence-electron chi connectivity index (χ2n) is 22.9. The predicted molar refractivity (Wildman–Crippen MR) is 257 cm³/mol. The Morgan fingerprint density at radius 3 is 1.00 bits per heavy atom. The minimum absolute atomic E-state index is 0.0453. The molecule has 0 unspecified atom stereocenters. The van der Waals surface area contributed by atoms with Crippen LogP contribution >= 0.6 is 0 Å². The zero-order valence-electron chi connectivity index (χ0n) is 44.3. The smallest absolute Gasteiger partial charge is 0.320 e. The first kappa shape index (κ1) is 61.3. The minimum atomic E-state index is -0.870. The minimum Gasteiger partial charge on any atom is -0.459 e. The molecule has 388 valence electrons. The van der Waals surface area contributed by atoms with Crippen molar-refractivity contribution in [3.63, 3.8) is 0 Å². The second-order valence-corrected chi connectivity index (χ2v) is 22.9. The number of hydrogen-bond acceptors (Lipinski definition) is 18. The van der Waals surface area contributed by atoms with Crippen LogP contribution in [0.1, 0.15) is 130 Å². The van der Waals surface area contributed by atoms with Crippen LogP contribution in [0.5, 0.6) is 0 Å². The van der Waals surface area contributed by atoms with Gasteiger partial charge in [0.05, 0.1) is 44.2 Å². The largest absolute Gasteiger partial charge is 0.459 e. The molecule has 19 heteroatoms. The molecule has 1 aromatic rings. The molecule has 0 spiro atoms. The molecule has 0 radical (unpaired) electrons. The molecule has 0 saturated carbocycles. The van der Waals surface area contributed by atoms with E-state index in [0.717, 1.165) is 0 Å². The average molecular weight is 966 g/mol. The van der Waals surface area contributed by atoms with E-state index < -0.39 is 80.4 Å². The van der Waals surface area contributed by atoms with E-state index in [2.05, 4.69) is 0 Å². The van der Waals surface area contributed by atoms with Crippen molar-refractivity contribution in [1.29, 1.82) is 0 Å². The molecular formula is C49H83N5O14. The zero-order valence-corrected chi connectivity index (χ0v) is 44.3. The lowest BCUT2D eigenvalue weighted by molar-refractivity contribution is -0.384. The monoisotopic (exact) mass is 966 g/mol. The van der Waals surface area contributed by atoms with E-state index in [1.807, 2.05) is 4.90 Å². The molecule has 0 aromatic heterocycles. The normalized spacial score (nSPS) is 13.3. The quantitative estimate of drug-likeness (QED) is 0.0521. The Morgan fingerprint density at radius 2 is 0.706 bits per heavy atom. The number of non-ortho nitro benzene ring substituents is 1. The van der Waals surface area contributed by atoms with Gasteiger partial charge < -0.3 is 28.4 Å². The molecular weight excluding hydrogens is 883 g/mol. The van der Waals surface area contributed by atoms with Crippen LogP contribution in [0.3, 0.4) is 0 Å². The van der Waals surface area contributed by atoms with Crippen LogP contribution in [0.15, 0.2) is 24.3 Å². The number of esters is 6. The molecule has 0 saturated heterocycles. The summed E-state index contributed by atoms with van der Waals surface area (Å²) in [4.78, 5) is 98.2. The van der Waals surface area contributed by atoms with Gasteiger partial charge in [0.1, 0.15) is 33.6 Å². The standard InChI is InChI=1S/C49H83N5O14/c1-44(2,3)63-38(55)29-50(23-24-51(30-39(56)64-45(4,5)6)31-40(57)65-46(7,8)9)28-37(27-35-19-21-36(22-20-35)54(61)62)53(34-43(60)68-49(16,17)18)26-25-52(32-41(58)66-47(10,11)12)33-42(59)67-48(13,14)15/h19-22,37H,23-34H2,1-18H3/t37-/m0/s1. The Morgan fingerprint density at radius 1 is 0.441 bits per heavy atom. The molecule has 0 aliphatic heterocycles. The zero-order chi connectivity index (χ0) is 52.6. The summed E-state index contributed by atoms with van der Waals surface area (Å²) in [6.07, 6.45) is 0.184. The summed E-state index contributed by atoms with van der Waals surface area (Å²) in [6.45, 7) is 29.8. The lowest BCUT2D eigenvalue weighted by Crippen LogP contribution is -2.53. The maximum Gasteiger partial charge on any atom is 0.320 e. The lowest BCUT2D eigenvalue weighted by Gasteiger charge is -2.37. The van der Waals surface area contributed by atoms with E-state index >= 15 is 0 Å². The van der Waals surface area contributed by atoms with Gasteiger partial charge in [-0.05, 0) is 137 Å². The van der Waals surface area contributed by atoms with Crippen molar-refractivity contribution in [3.8, 4) is 0 Å². The number of ether oxygens (including phenoxy) is 6. The van der Waals surface area contributed by atoms with Crippen molar-refractivity contribution in [2.45, 2.75) is 171 Å². The van der Waals surface area contributed by atoms with E-state index in [9.17, 15) is 38.9 Å². The van der Waals surface area contributed by atoms with E-state index in [1.165, 1.54) is 12.1 Å². The number of carbonyl (C=O) groups excluding carboxylic acids is 6. The third-order valence-electron chi connectivity index (χ3n) is 8.66. The number of carbonyl (C=O) groups is 6. The molecule has 68 heavy (non-hydrogen) atoms. The van der Waals surface area contributed by atoms with E-state index in [4.69, 9.17) is 28.4 Å². The molecule has 0 bridgehead atoms. The van der Waals surface area contributed by atoms with Gasteiger partial charge in [0, 0.05) is 50.9 Å². The number of hydrogen-bond donors (Lipinski definition) is 0. The third kappa shape index (κ3) is 30.6. The van der Waals surface area contributed by atoms with Crippen molar-refractivity contribution in [2.75, 3.05) is 72.0 Å². The number of benzene rings is 1. The molecule has 0 aliphatic rings. The highest BCUT2D eigenvalue weighted by Crippen LogP contribution is 2.19. The highest BCUT2D eigenvalue weighted by atomic mass is 16.6. The Labute approximate surface area is 404 Å². The van der Waals surface area contributed by atoms with Crippen molar-refractivity contribution < 1.29 is 62.1 Å². The van der Waals surface area contributed by atoms with Crippen LogP contribution < -0.4 is 0 Å². The van der Waals surface area contributed by atoms with E-state index in [-0.39, 0.29) is 84.1 Å². The highest BCUT2D eigenvalue weighted by Gasteiger charge is 2.32. The molecule has 0 N–H and O–H groups in total. The van der Waals surface area contributed by atoms with E-state index in [1.54, 1.807) is 151 Å². The molecule has 0 heterocycles. The van der Waals surface area contributed by atoms with Gasteiger partial charge in [-0.3, -0.25) is 58.5 Å². The van der Waals surface area contributed by atoms with Crippen molar-refractivity contribution in [3.05, 3.63) is 39.9 Å². The maximum atomic E-state index is 13.8. The van der Waals surface area contributed by atoms with Crippen LogP contribution in [0.2, 0.25) is 0 Å². The molecule has 1 aromatic carbocycles. The number of rotatable bonds is 24. The number of nitro groups is 1. The Kier molecular flexibility index (Phi) is 23.2. The topological polar surface area (TPSA) is 214 Å². The fourth-order valence-electron chi connectivity index (χ4n) is 6.56. The van der Waals surface area contributed by atoms with Crippen LogP contribution in [0.25, 0.3) is 0 Å². The molecule has 0 aliphatic carbocycles. The van der Waals surface area contributed by atoms with Crippen LogP contribution in [-0.4, -0.2) is 172 Å². The van der Waals surface area contributed by atoms with Gasteiger partial charge in [-0.2, -0.15) is 0 Å². The van der Waals surface area contributed by atoms with Gasteiger partial charge in [-0.25, -0.2) is 0 Å². The van der Waals surface area contributed by atoms with Crippen molar-refractivity contribution >= 4 is 41.5 Å². The average Bonchev–Trinajstić information content (AvgIpc) is 3.07. The molecule has 1 rings (SSSR count). The Balaban J connectivity index is 3.99. The summed E-state index contributed by atoms with van der Waals surface area (Å²) in [5.41, 5.74) is -4.45. The number of nitro benzene ring substituents is 1. The predicted octanol–water partition coefficient (Wildman–Crippen LogP) is 5.76. The Hall–Kier alpha value is -4.72. The van der Waals surface area contributed by atoms with E-state index in [0.29, 0.717) is 5.56 Å². The molecule has 1 atom stereocenters. The summed E-state index contributed by atoms with van der Waals surface area (Å²) in [6, 6.07) is 5.29. The van der Waals surface area contributed by atoms with Gasteiger partial charge in [0.2, 0.25) is 0 Å². The van der Waals surface area contributed by atoms with Crippen LogP contribution in [-0.2, 0) is 63.6 Å². The summed E-state index contributed by atoms with van der Waals surface area (Å²) in [5.74, 6) is -3.50. The third-order valence-corrected chi connectivity index (χ3v) is 8.66. The lowest BCUT2D eigenvalue weighted by atomic mass is 10.0. The van der Waals surface area contributed by atoms with Crippen LogP contribution in [0, 0.1) is 10.1 Å². The van der Waals surface area contributed by atoms with Gasteiger partial charge in [-0.15, -0.1) is 0 Å². The van der Waals surface area contributed by atoms with Gasteiger partial charge >= 0.3 is 35.8 Å². The van der Waals surface area contributed by atoms with Crippen molar-refractivity contribution in [1.82, 2.24) is 19.6 Å². The summed E-state index contributed by atoms with van der Waals surface area (Å²) >= 11 is 0. The van der Waals surface area contributed by atoms with Crippen LogP contribution in [0.4, 0.5) is 5.69 Å². The highest BCUT2D eigenvalue weighted by molar-refractivity contribution is 5.76. The molecule has 0 fully saturated rings. The SMILES string of the molecule is CC(C)(C)OC(=O)CN(CCN(CC(=O)OC(C)(C)C)C[C@H](Cc1ccc([N+](=O)[O-])cc1)N(CCN(CC(=O)OC(C)(C)C)CC(=O)OC(C)(C)C)CC(=O)OC(C)(C)C)CC(=O)OC(C)(C)C. The molecule has 19 nitrogen and oxygen atoms in total. The second kappa shape index (κ2) is 25.8. The maximum absolute atomic E-state index is 13.8. The first-order chi connectivity index (χ1) is 30.7. The summed E-state index contributed by atoms with van der Waals surface area (Å²) in [7, 11) is 0. The number of nitrogens with zero attached hydrogens (tertiary/aromatic N) is 5. The van der Waals surface area contributed by atoms with Crippen molar-refractivity contribution in [2.24, 2.45) is 0 Å². The van der Waals surface area contributed by atoms with Gasteiger partial charge in [0.25, 0.3) is 5.69 Å². The summed E-state index contributed by atoms with van der Waals surface area (Å²) in [5, 5.41) is 11.6. The fraction of sp³-hybridized carbons (Fsp3) is 0.755. The summed E-state index contributed by atoms with van der Waals surface area (Å²) < 4.78 is 34.0.